The van der Waals surface area contributed by atoms with Crippen LogP contribution in [0.15, 0.2) is 18.2 Å². The highest BCUT2D eigenvalue weighted by Gasteiger charge is 2.42. The third-order valence-electron chi connectivity index (χ3n) is 3.42. The summed E-state index contributed by atoms with van der Waals surface area (Å²) in [6.45, 7) is 1.79. The fraction of sp³-hybridized carbons (Fsp3) is 0.500. The Morgan fingerprint density at radius 1 is 1.44 bits per heavy atom. The van der Waals surface area contributed by atoms with Crippen LogP contribution in [0.5, 0.6) is 5.75 Å². The predicted octanol–water partition coefficient (Wildman–Crippen LogP) is 3.00. The largest absolute Gasteiger partial charge is 0.486 e. The van der Waals surface area contributed by atoms with Gasteiger partial charge in [-0.1, -0.05) is 0 Å². The van der Waals surface area contributed by atoms with E-state index in [9.17, 15) is 9.18 Å². The Balaban J connectivity index is 2.12. The first kappa shape index (κ1) is 12.9. The molecule has 98 valence electrons. The molecule has 0 atom stereocenters. The van der Waals surface area contributed by atoms with E-state index in [1.165, 1.54) is 19.2 Å². The van der Waals surface area contributed by atoms with E-state index < -0.39 is 5.60 Å². The van der Waals surface area contributed by atoms with Crippen LogP contribution in [0.25, 0.3) is 0 Å². The summed E-state index contributed by atoms with van der Waals surface area (Å²) >= 11 is 0. The molecule has 0 heterocycles. The van der Waals surface area contributed by atoms with E-state index in [-0.39, 0.29) is 18.2 Å². The number of methoxy groups -OCH3 is 1. The number of hydrogen-bond donors (Lipinski definition) is 0. The van der Waals surface area contributed by atoms with Gasteiger partial charge in [0.15, 0.2) is 0 Å². The van der Waals surface area contributed by atoms with E-state index in [1.807, 2.05) is 0 Å². The Morgan fingerprint density at radius 2 is 2.17 bits per heavy atom. The molecule has 3 nitrogen and oxygen atoms in total. The Morgan fingerprint density at radius 3 is 2.67 bits per heavy atom. The third kappa shape index (κ3) is 2.63. The molecule has 1 aromatic carbocycles. The zero-order valence-corrected chi connectivity index (χ0v) is 10.7. The van der Waals surface area contributed by atoms with Gasteiger partial charge in [-0.15, -0.1) is 0 Å². The molecule has 0 saturated heterocycles. The number of esters is 1. The summed E-state index contributed by atoms with van der Waals surface area (Å²) in [6.07, 6.45) is 2.95. The van der Waals surface area contributed by atoms with E-state index >= 15 is 0 Å². The van der Waals surface area contributed by atoms with Gasteiger partial charge in [-0.05, 0) is 49.9 Å². The lowest BCUT2D eigenvalue weighted by Crippen LogP contribution is -2.45. The van der Waals surface area contributed by atoms with Crippen molar-refractivity contribution in [2.24, 2.45) is 0 Å². The highest BCUT2D eigenvalue weighted by atomic mass is 19.1. The molecule has 2 rings (SSSR count). The number of ether oxygens (including phenoxy) is 2. The normalized spacial score (nSPS) is 16.8. The van der Waals surface area contributed by atoms with Crippen LogP contribution in [-0.2, 0) is 9.53 Å². The van der Waals surface area contributed by atoms with Gasteiger partial charge in [-0.25, -0.2) is 4.39 Å². The van der Waals surface area contributed by atoms with Crippen molar-refractivity contribution in [3.05, 3.63) is 29.6 Å². The van der Waals surface area contributed by atoms with Crippen LogP contribution in [-0.4, -0.2) is 18.7 Å². The molecule has 1 aliphatic rings. The molecule has 0 spiro atoms. The second kappa shape index (κ2) is 4.96. The number of benzene rings is 1. The summed E-state index contributed by atoms with van der Waals surface area (Å²) in [5, 5.41) is 0. The van der Waals surface area contributed by atoms with Crippen LogP contribution >= 0.6 is 0 Å². The molecule has 18 heavy (non-hydrogen) atoms. The van der Waals surface area contributed by atoms with Gasteiger partial charge < -0.3 is 9.47 Å². The minimum atomic E-state index is -0.463. The van der Waals surface area contributed by atoms with Gasteiger partial charge in [0.05, 0.1) is 13.5 Å². The zero-order chi connectivity index (χ0) is 13.2. The minimum Gasteiger partial charge on any atom is -0.486 e. The van der Waals surface area contributed by atoms with E-state index in [0.29, 0.717) is 5.75 Å². The highest BCUT2D eigenvalue weighted by molar-refractivity contribution is 5.70. The topological polar surface area (TPSA) is 35.5 Å². The van der Waals surface area contributed by atoms with Gasteiger partial charge in [0.25, 0.3) is 0 Å². The van der Waals surface area contributed by atoms with Crippen LogP contribution in [0.2, 0.25) is 0 Å². The van der Waals surface area contributed by atoms with Crippen molar-refractivity contribution in [1.29, 1.82) is 0 Å². The predicted molar refractivity (Wildman–Crippen MR) is 65.0 cm³/mol. The molecular weight excluding hydrogens is 235 g/mol. The first-order valence-corrected chi connectivity index (χ1v) is 6.07. The average Bonchev–Trinajstić information content (AvgIpc) is 2.29. The summed E-state index contributed by atoms with van der Waals surface area (Å²) in [6, 6.07) is 4.41. The number of carbonyl (C=O) groups excluding carboxylic acids is 1. The molecule has 0 amide bonds. The van der Waals surface area contributed by atoms with E-state index in [0.717, 1.165) is 24.8 Å². The lowest BCUT2D eigenvalue weighted by molar-refractivity contribution is -0.148. The molecule has 0 N–H and O–H groups in total. The van der Waals surface area contributed by atoms with Gasteiger partial charge in [0.1, 0.15) is 17.2 Å². The number of aryl methyl sites for hydroxylation is 1. The van der Waals surface area contributed by atoms with E-state index in [1.54, 1.807) is 13.0 Å². The standard InChI is InChI=1S/C14H17FO3/c1-10-8-11(15)4-5-12(10)18-14(6-3-7-14)9-13(16)17-2/h4-5,8H,3,6-7,9H2,1-2H3. The summed E-state index contributed by atoms with van der Waals surface area (Å²) in [7, 11) is 1.37. The maximum Gasteiger partial charge on any atom is 0.309 e. The zero-order valence-electron chi connectivity index (χ0n) is 10.7. The summed E-state index contributed by atoms with van der Waals surface area (Å²) < 4.78 is 23.6. The van der Waals surface area contributed by atoms with Crippen LogP contribution in [0.4, 0.5) is 4.39 Å². The van der Waals surface area contributed by atoms with Gasteiger partial charge in [0.2, 0.25) is 0 Å². The number of hydrogen-bond acceptors (Lipinski definition) is 3. The highest BCUT2D eigenvalue weighted by Crippen LogP contribution is 2.40. The third-order valence-corrected chi connectivity index (χ3v) is 3.42. The summed E-state index contributed by atoms with van der Waals surface area (Å²) in [5.41, 5.74) is 0.279. The molecule has 0 aromatic heterocycles. The smallest absolute Gasteiger partial charge is 0.309 e. The Bertz CT molecular complexity index is 452. The first-order valence-electron chi connectivity index (χ1n) is 6.07. The van der Waals surface area contributed by atoms with Gasteiger partial charge in [-0.3, -0.25) is 4.79 Å². The Hall–Kier alpha value is -1.58. The molecule has 4 heteroatoms. The van der Waals surface area contributed by atoms with E-state index in [2.05, 4.69) is 4.74 Å². The molecule has 0 bridgehead atoms. The van der Waals surface area contributed by atoms with Gasteiger partial charge >= 0.3 is 5.97 Å². The molecule has 0 unspecified atom stereocenters. The van der Waals surface area contributed by atoms with Gasteiger partial charge in [0, 0.05) is 0 Å². The molecule has 1 saturated carbocycles. The van der Waals surface area contributed by atoms with Crippen molar-refractivity contribution in [2.45, 2.75) is 38.2 Å². The van der Waals surface area contributed by atoms with Crippen molar-refractivity contribution in [3.8, 4) is 5.75 Å². The van der Waals surface area contributed by atoms with Crippen molar-refractivity contribution in [2.75, 3.05) is 7.11 Å². The summed E-state index contributed by atoms with van der Waals surface area (Å²) in [5.74, 6) is 0.0879. The SMILES string of the molecule is COC(=O)CC1(Oc2ccc(F)cc2C)CCC1. The maximum absolute atomic E-state index is 13.0. The van der Waals surface area contributed by atoms with Crippen molar-refractivity contribution in [1.82, 2.24) is 0 Å². The quantitative estimate of drug-likeness (QED) is 0.773. The molecule has 1 fully saturated rings. The van der Waals surface area contributed by atoms with Crippen LogP contribution in [0.3, 0.4) is 0 Å². The van der Waals surface area contributed by atoms with Crippen molar-refractivity contribution in [3.63, 3.8) is 0 Å². The van der Waals surface area contributed by atoms with Crippen LogP contribution in [0.1, 0.15) is 31.2 Å². The number of carbonyl (C=O) groups is 1. The molecule has 0 radical (unpaired) electrons. The lowest BCUT2D eigenvalue weighted by atomic mass is 9.77. The maximum atomic E-state index is 13.0. The Kier molecular flexibility index (Phi) is 3.55. The van der Waals surface area contributed by atoms with Crippen molar-refractivity contribution < 1.29 is 18.7 Å². The lowest BCUT2D eigenvalue weighted by Gasteiger charge is -2.41. The fourth-order valence-corrected chi connectivity index (χ4v) is 2.18. The average molecular weight is 252 g/mol. The fourth-order valence-electron chi connectivity index (χ4n) is 2.18. The second-order valence-corrected chi connectivity index (χ2v) is 4.80. The number of rotatable bonds is 4. The summed E-state index contributed by atoms with van der Waals surface area (Å²) in [4.78, 5) is 11.4. The van der Waals surface area contributed by atoms with Gasteiger partial charge in [-0.2, -0.15) is 0 Å². The molecular formula is C14H17FO3. The number of halogens is 1. The molecule has 0 aliphatic heterocycles. The molecule has 1 aromatic rings. The van der Waals surface area contributed by atoms with E-state index in [4.69, 9.17) is 4.74 Å². The van der Waals surface area contributed by atoms with Crippen molar-refractivity contribution >= 4 is 5.97 Å². The second-order valence-electron chi connectivity index (χ2n) is 4.80. The molecule has 1 aliphatic carbocycles. The monoisotopic (exact) mass is 252 g/mol. The Labute approximate surface area is 106 Å². The van der Waals surface area contributed by atoms with Crippen LogP contribution < -0.4 is 4.74 Å². The van der Waals surface area contributed by atoms with Crippen LogP contribution in [0, 0.1) is 12.7 Å². The minimum absolute atomic E-state index is 0.250. The first-order chi connectivity index (χ1) is 8.54.